The Morgan fingerprint density at radius 3 is 2.61 bits per heavy atom. The van der Waals surface area contributed by atoms with Crippen molar-refractivity contribution in [1.29, 1.82) is 0 Å². The number of hydrogen-bond acceptors (Lipinski definition) is 6. The van der Waals surface area contributed by atoms with Crippen molar-refractivity contribution in [3.05, 3.63) is 42.2 Å². The quantitative estimate of drug-likeness (QED) is 0.460. The molecule has 0 aliphatic carbocycles. The topological polar surface area (TPSA) is 126 Å². The third kappa shape index (κ3) is 4.70. The number of rotatable bonds is 6. The second-order valence-corrected chi connectivity index (χ2v) is 5.17. The predicted octanol–water partition coefficient (Wildman–Crippen LogP) is -0.198. The highest BCUT2D eigenvalue weighted by Crippen LogP contribution is 2.17. The lowest BCUT2D eigenvalue weighted by atomic mass is 9.99. The molecule has 23 heavy (non-hydrogen) atoms. The van der Waals surface area contributed by atoms with Gasteiger partial charge in [-0.1, -0.05) is 18.2 Å². The molecule has 2 rings (SSSR count). The van der Waals surface area contributed by atoms with E-state index in [4.69, 9.17) is 15.6 Å². The van der Waals surface area contributed by atoms with Crippen LogP contribution < -0.4 is 21.9 Å². The van der Waals surface area contributed by atoms with Gasteiger partial charge >= 0.3 is 5.97 Å². The zero-order chi connectivity index (χ0) is 16.8. The van der Waals surface area contributed by atoms with Crippen LogP contribution in [0.5, 0.6) is 0 Å². The molecule has 1 aromatic rings. The number of anilines is 1. The molecule has 6 N–H and O–H groups in total. The molecule has 0 saturated heterocycles. The van der Waals surface area contributed by atoms with Crippen LogP contribution in [-0.2, 0) is 14.3 Å². The van der Waals surface area contributed by atoms with Gasteiger partial charge in [0.05, 0.1) is 18.6 Å². The summed E-state index contributed by atoms with van der Waals surface area (Å²) in [6.07, 6.45) is 0.672. The highest BCUT2D eigenvalue weighted by atomic mass is 16.5. The lowest BCUT2D eigenvalue weighted by Crippen LogP contribution is -2.59. The smallest absolute Gasteiger partial charge is 0.370 e. The molecule has 0 aromatic heterocycles. The minimum atomic E-state index is -1.19. The molecule has 3 atom stereocenters. The van der Waals surface area contributed by atoms with E-state index in [1.165, 1.54) is 13.0 Å². The van der Waals surface area contributed by atoms with Crippen molar-refractivity contribution in [3.63, 3.8) is 0 Å². The van der Waals surface area contributed by atoms with Crippen LogP contribution in [0.1, 0.15) is 6.92 Å². The van der Waals surface area contributed by atoms with Gasteiger partial charge in [-0.25, -0.2) is 10.2 Å². The summed E-state index contributed by atoms with van der Waals surface area (Å²) in [6.45, 7) is 1.62. The lowest BCUT2D eigenvalue weighted by Gasteiger charge is -2.35. The number of hydrazine groups is 1. The molecule has 2 unspecified atom stereocenters. The number of carboxylic acids is 1. The number of carbonyl (C=O) groups is 2. The van der Waals surface area contributed by atoms with Crippen LogP contribution in [0.4, 0.5) is 5.69 Å². The average Bonchev–Trinajstić information content (AvgIpc) is 2.50. The summed E-state index contributed by atoms with van der Waals surface area (Å²) < 4.78 is 5.43. The number of ether oxygens (including phenoxy) is 1. The second kappa shape index (κ2) is 7.61. The number of nitrogens with one attached hydrogen (secondary N) is 3. The maximum Gasteiger partial charge on any atom is 0.370 e. The molecular weight excluding hydrogens is 300 g/mol. The summed E-state index contributed by atoms with van der Waals surface area (Å²) >= 11 is 0. The Bertz CT molecular complexity index is 590. The Morgan fingerprint density at radius 2 is 2.00 bits per heavy atom. The van der Waals surface area contributed by atoms with Crippen molar-refractivity contribution in [2.24, 2.45) is 5.73 Å². The van der Waals surface area contributed by atoms with E-state index in [0.29, 0.717) is 0 Å². The van der Waals surface area contributed by atoms with E-state index in [9.17, 15) is 9.59 Å². The first-order valence-corrected chi connectivity index (χ1v) is 7.15. The number of hydrogen-bond donors (Lipinski definition) is 5. The normalized spacial score (nSPS) is 23.4. The Balaban J connectivity index is 2.01. The summed E-state index contributed by atoms with van der Waals surface area (Å²) in [5.41, 5.74) is 12.7. The predicted molar refractivity (Wildman–Crippen MR) is 84.2 cm³/mol. The number of aliphatic carboxylic acids is 1. The first-order chi connectivity index (χ1) is 11.0. The van der Waals surface area contributed by atoms with E-state index in [0.717, 1.165) is 5.69 Å². The highest BCUT2D eigenvalue weighted by Gasteiger charge is 2.35. The van der Waals surface area contributed by atoms with E-state index >= 15 is 0 Å². The number of nitrogens with two attached hydrogens (primary N) is 1. The summed E-state index contributed by atoms with van der Waals surface area (Å²) in [5, 5.41) is 11.8. The van der Waals surface area contributed by atoms with Gasteiger partial charge in [0.2, 0.25) is 11.7 Å². The fourth-order valence-corrected chi connectivity index (χ4v) is 2.29. The number of carbonyl (C=O) groups excluding carboxylic acids is 1. The minimum absolute atomic E-state index is 0.217. The van der Waals surface area contributed by atoms with Gasteiger partial charge < -0.3 is 26.3 Å². The van der Waals surface area contributed by atoms with Gasteiger partial charge in [0.25, 0.3) is 0 Å². The third-order valence-corrected chi connectivity index (χ3v) is 3.33. The zero-order valence-electron chi connectivity index (χ0n) is 12.7. The fourth-order valence-electron chi connectivity index (χ4n) is 2.29. The van der Waals surface area contributed by atoms with Gasteiger partial charge in [0, 0.05) is 12.6 Å². The van der Waals surface area contributed by atoms with Crippen molar-refractivity contribution < 1.29 is 19.4 Å². The first-order valence-electron chi connectivity index (χ1n) is 7.15. The van der Waals surface area contributed by atoms with Crippen LogP contribution in [0, 0.1) is 0 Å². The molecule has 124 valence electrons. The lowest BCUT2D eigenvalue weighted by molar-refractivity contribution is -0.138. The molecule has 1 aliphatic rings. The Hall–Kier alpha value is -2.58. The monoisotopic (exact) mass is 320 g/mol. The van der Waals surface area contributed by atoms with Gasteiger partial charge in [0.1, 0.15) is 6.10 Å². The molecule has 1 amide bonds. The molecule has 1 aliphatic heterocycles. The molecule has 0 fully saturated rings. The van der Waals surface area contributed by atoms with Crippen LogP contribution in [0.3, 0.4) is 0 Å². The Morgan fingerprint density at radius 1 is 1.30 bits per heavy atom. The van der Waals surface area contributed by atoms with Crippen LogP contribution in [0.2, 0.25) is 0 Å². The summed E-state index contributed by atoms with van der Waals surface area (Å²) in [4.78, 5) is 22.4. The third-order valence-electron chi connectivity index (χ3n) is 3.33. The molecule has 0 radical (unpaired) electrons. The zero-order valence-corrected chi connectivity index (χ0v) is 12.7. The molecule has 0 spiro atoms. The molecule has 0 bridgehead atoms. The fraction of sp³-hybridized carbons (Fsp3) is 0.333. The molecule has 1 heterocycles. The van der Waals surface area contributed by atoms with Gasteiger partial charge in [-0.3, -0.25) is 4.79 Å². The van der Waals surface area contributed by atoms with E-state index in [-0.39, 0.29) is 18.2 Å². The van der Waals surface area contributed by atoms with Gasteiger partial charge in [-0.05, 0) is 18.2 Å². The van der Waals surface area contributed by atoms with Crippen molar-refractivity contribution in [2.75, 3.05) is 12.0 Å². The molecule has 1 aromatic carbocycles. The highest BCUT2D eigenvalue weighted by molar-refractivity contribution is 5.84. The maximum atomic E-state index is 11.3. The summed E-state index contributed by atoms with van der Waals surface area (Å²) in [7, 11) is 0. The Kier molecular flexibility index (Phi) is 5.56. The number of benzene rings is 1. The van der Waals surface area contributed by atoms with Crippen molar-refractivity contribution in [3.8, 4) is 0 Å². The van der Waals surface area contributed by atoms with E-state index in [2.05, 4.69) is 16.2 Å². The average molecular weight is 320 g/mol. The van der Waals surface area contributed by atoms with Gasteiger partial charge in [0.15, 0.2) is 0 Å². The minimum Gasteiger partial charge on any atom is -0.480 e. The van der Waals surface area contributed by atoms with Crippen LogP contribution in [0.15, 0.2) is 42.2 Å². The summed E-state index contributed by atoms with van der Waals surface area (Å²) in [5.74, 6) is -1.67. The standard InChI is InChI=1S/C15H20N4O4/c1-9(20)18-14-11(16)7-12(15(21)22)23-13(14)8-17-19-10-5-3-2-4-6-10/h2-7,11,13-14,17,19H,8,16H2,1H3,(H,18,20)(H,21,22)/t11-,13?,14?/m1/s1. The van der Waals surface area contributed by atoms with Crippen molar-refractivity contribution >= 4 is 17.6 Å². The van der Waals surface area contributed by atoms with Crippen molar-refractivity contribution in [2.45, 2.75) is 25.1 Å². The van der Waals surface area contributed by atoms with Gasteiger partial charge in [-0.2, -0.15) is 0 Å². The van der Waals surface area contributed by atoms with Crippen LogP contribution in [0.25, 0.3) is 0 Å². The molecular formula is C15H20N4O4. The molecule has 0 saturated carbocycles. The van der Waals surface area contributed by atoms with Crippen LogP contribution >= 0.6 is 0 Å². The molecule has 8 heteroatoms. The largest absolute Gasteiger partial charge is 0.480 e. The van der Waals surface area contributed by atoms with E-state index in [1.54, 1.807) is 0 Å². The van der Waals surface area contributed by atoms with E-state index < -0.39 is 24.2 Å². The second-order valence-electron chi connectivity index (χ2n) is 5.17. The number of amides is 1. The number of carboxylic acid groups (broad SMARTS) is 1. The van der Waals surface area contributed by atoms with Crippen LogP contribution in [-0.4, -0.2) is 41.7 Å². The summed E-state index contributed by atoms with van der Waals surface area (Å²) in [6, 6.07) is 8.21. The van der Waals surface area contributed by atoms with Gasteiger partial charge in [-0.15, -0.1) is 0 Å². The maximum absolute atomic E-state index is 11.3. The van der Waals surface area contributed by atoms with Crippen molar-refractivity contribution in [1.82, 2.24) is 10.7 Å². The molecule has 8 nitrogen and oxygen atoms in total. The SMILES string of the molecule is CC(=O)NC1C(CNNc2ccccc2)OC(C(=O)O)=C[C@H]1N. The van der Waals surface area contributed by atoms with E-state index in [1.807, 2.05) is 30.3 Å². The first kappa shape index (κ1) is 16.8. The Labute approximate surface area is 133 Å². The number of para-hydroxylation sites is 1.